The maximum Gasteiger partial charge on any atom is 0.489 e. The molecule has 0 aliphatic rings. The molecule has 1 aromatic rings. The molecule has 0 fully saturated rings. The molecule has 0 saturated carbocycles. The molecule has 28 heavy (non-hydrogen) atoms. The number of hydrogen-bond acceptors (Lipinski definition) is 6. The summed E-state index contributed by atoms with van der Waals surface area (Å²) in [4.78, 5) is 15.5. The summed E-state index contributed by atoms with van der Waals surface area (Å²) in [7, 11) is -1.69. The van der Waals surface area contributed by atoms with E-state index in [1.165, 1.54) is 12.1 Å². The predicted octanol–water partition coefficient (Wildman–Crippen LogP) is 2.51. The lowest BCUT2D eigenvalue weighted by Crippen LogP contribution is -2.44. The summed E-state index contributed by atoms with van der Waals surface area (Å²) in [5.41, 5.74) is 1.54. The standard InChI is InChI=1S/C20H36BN3O4/c1-13(2)22(14(3)4)11-17-9-19(24(27)28)10-18(20(17)21(25)26)12-23(15(5)6)16(7)8/h9-10,13-16,25-26H,11-12H2,1-8H3. The number of non-ortho nitro benzene ring substituents is 1. The van der Waals surface area contributed by atoms with Crippen molar-refractivity contribution in [2.24, 2.45) is 0 Å². The molecule has 1 rings (SSSR count). The van der Waals surface area contributed by atoms with Crippen LogP contribution in [0.4, 0.5) is 5.69 Å². The van der Waals surface area contributed by atoms with Crippen molar-refractivity contribution >= 4 is 18.3 Å². The van der Waals surface area contributed by atoms with E-state index in [4.69, 9.17) is 0 Å². The van der Waals surface area contributed by atoms with Gasteiger partial charge in [-0.2, -0.15) is 0 Å². The second-order valence-corrected chi connectivity index (χ2v) is 8.53. The van der Waals surface area contributed by atoms with Crippen LogP contribution in [0, 0.1) is 10.1 Å². The molecule has 1 aromatic carbocycles. The number of hydrogen-bond donors (Lipinski definition) is 2. The van der Waals surface area contributed by atoms with Crippen LogP contribution >= 0.6 is 0 Å². The van der Waals surface area contributed by atoms with Gasteiger partial charge in [-0.15, -0.1) is 0 Å². The second kappa shape index (κ2) is 10.3. The fraction of sp³-hybridized carbons (Fsp3) is 0.700. The first-order valence-corrected chi connectivity index (χ1v) is 10.0. The summed E-state index contributed by atoms with van der Waals surface area (Å²) in [5, 5.41) is 31.8. The maximum atomic E-state index is 11.5. The minimum absolute atomic E-state index is 0.0191. The van der Waals surface area contributed by atoms with Crippen LogP contribution in [-0.2, 0) is 13.1 Å². The lowest BCUT2D eigenvalue weighted by molar-refractivity contribution is -0.385. The molecule has 0 atom stereocenters. The predicted molar refractivity (Wildman–Crippen MR) is 115 cm³/mol. The van der Waals surface area contributed by atoms with Gasteiger partial charge < -0.3 is 10.0 Å². The Bertz CT molecular complexity index is 604. The van der Waals surface area contributed by atoms with Gasteiger partial charge in [0.05, 0.1) is 4.92 Å². The van der Waals surface area contributed by atoms with Crippen LogP contribution in [0.25, 0.3) is 0 Å². The molecule has 158 valence electrons. The van der Waals surface area contributed by atoms with Gasteiger partial charge in [-0.1, -0.05) is 0 Å². The summed E-state index contributed by atoms with van der Waals surface area (Å²) in [5.74, 6) is 0. The van der Waals surface area contributed by atoms with E-state index in [1.807, 2.05) is 0 Å². The molecule has 0 saturated heterocycles. The zero-order valence-electron chi connectivity index (χ0n) is 18.5. The number of nitrogens with zero attached hydrogens (tertiary/aromatic N) is 3. The van der Waals surface area contributed by atoms with Crippen LogP contribution in [0.3, 0.4) is 0 Å². The van der Waals surface area contributed by atoms with E-state index in [0.717, 1.165) is 0 Å². The van der Waals surface area contributed by atoms with Gasteiger partial charge in [0.25, 0.3) is 5.69 Å². The van der Waals surface area contributed by atoms with Crippen molar-refractivity contribution < 1.29 is 15.0 Å². The highest BCUT2D eigenvalue weighted by Crippen LogP contribution is 2.22. The third-order valence-corrected chi connectivity index (χ3v) is 5.16. The quantitative estimate of drug-likeness (QED) is 0.361. The Morgan fingerprint density at radius 2 is 1.18 bits per heavy atom. The van der Waals surface area contributed by atoms with E-state index in [0.29, 0.717) is 29.7 Å². The van der Waals surface area contributed by atoms with Crippen molar-refractivity contribution in [2.45, 2.75) is 92.6 Å². The van der Waals surface area contributed by atoms with Gasteiger partial charge >= 0.3 is 7.12 Å². The lowest BCUT2D eigenvalue weighted by atomic mass is 9.73. The van der Waals surface area contributed by atoms with Gasteiger partial charge in [0, 0.05) is 49.4 Å². The van der Waals surface area contributed by atoms with E-state index in [-0.39, 0.29) is 29.9 Å². The zero-order valence-corrected chi connectivity index (χ0v) is 18.5. The number of benzene rings is 1. The smallest absolute Gasteiger partial charge is 0.423 e. The molecule has 0 unspecified atom stereocenters. The SMILES string of the molecule is CC(C)N(Cc1cc([N+](=O)[O-])cc(CN(C(C)C)C(C)C)c1B(O)O)C(C)C. The van der Waals surface area contributed by atoms with E-state index in [2.05, 4.69) is 65.2 Å². The van der Waals surface area contributed by atoms with Crippen molar-refractivity contribution in [3.63, 3.8) is 0 Å². The van der Waals surface area contributed by atoms with Crippen LogP contribution in [-0.4, -0.2) is 56.1 Å². The van der Waals surface area contributed by atoms with Crippen molar-refractivity contribution in [2.75, 3.05) is 0 Å². The van der Waals surface area contributed by atoms with Crippen molar-refractivity contribution in [1.29, 1.82) is 0 Å². The molecule has 0 bridgehead atoms. The third kappa shape index (κ3) is 6.27. The monoisotopic (exact) mass is 393 g/mol. The first kappa shape index (κ1) is 24.6. The molecule has 2 N–H and O–H groups in total. The maximum absolute atomic E-state index is 11.5. The van der Waals surface area contributed by atoms with Crippen molar-refractivity contribution in [3.8, 4) is 0 Å². The minimum atomic E-state index is -1.69. The summed E-state index contributed by atoms with van der Waals surface area (Å²) >= 11 is 0. The summed E-state index contributed by atoms with van der Waals surface area (Å²) in [6, 6.07) is 3.82. The first-order valence-electron chi connectivity index (χ1n) is 10.0. The fourth-order valence-corrected chi connectivity index (χ4v) is 3.78. The molecular weight excluding hydrogens is 357 g/mol. The molecule has 0 aliphatic heterocycles. The van der Waals surface area contributed by atoms with Crippen LogP contribution in [0.15, 0.2) is 12.1 Å². The number of nitro benzene ring substituents is 1. The Morgan fingerprint density at radius 3 is 1.39 bits per heavy atom. The summed E-state index contributed by atoms with van der Waals surface area (Å²) in [6.07, 6.45) is 0. The molecule has 0 amide bonds. The third-order valence-electron chi connectivity index (χ3n) is 5.16. The Hall–Kier alpha value is -1.48. The Kier molecular flexibility index (Phi) is 9.07. The molecule has 0 spiro atoms. The van der Waals surface area contributed by atoms with Gasteiger partial charge in [-0.05, 0) is 72.0 Å². The average Bonchev–Trinajstić information content (AvgIpc) is 2.55. The van der Waals surface area contributed by atoms with Crippen molar-refractivity contribution in [3.05, 3.63) is 33.4 Å². The van der Waals surface area contributed by atoms with Gasteiger partial charge in [0.1, 0.15) is 0 Å². The van der Waals surface area contributed by atoms with Crippen LogP contribution < -0.4 is 5.46 Å². The number of nitro groups is 1. The van der Waals surface area contributed by atoms with Gasteiger partial charge in [0.15, 0.2) is 0 Å². The van der Waals surface area contributed by atoms with Crippen molar-refractivity contribution in [1.82, 2.24) is 9.80 Å². The average molecular weight is 393 g/mol. The molecule has 7 nitrogen and oxygen atoms in total. The molecule has 0 radical (unpaired) electrons. The van der Waals surface area contributed by atoms with Gasteiger partial charge in [-0.25, -0.2) is 0 Å². The van der Waals surface area contributed by atoms with E-state index in [1.54, 1.807) is 0 Å². The summed E-state index contributed by atoms with van der Waals surface area (Å²) in [6.45, 7) is 17.3. The largest absolute Gasteiger partial charge is 0.489 e. The molecule has 0 heterocycles. The first-order chi connectivity index (χ1) is 12.9. The van der Waals surface area contributed by atoms with Crippen LogP contribution in [0.2, 0.25) is 0 Å². The second-order valence-electron chi connectivity index (χ2n) is 8.53. The lowest BCUT2D eigenvalue weighted by Gasteiger charge is -2.33. The molecule has 0 aliphatic carbocycles. The Morgan fingerprint density at radius 1 is 0.857 bits per heavy atom. The Labute approximate surface area is 169 Å². The number of rotatable bonds is 10. The van der Waals surface area contributed by atoms with Crippen LogP contribution in [0.5, 0.6) is 0 Å². The minimum Gasteiger partial charge on any atom is -0.423 e. The molecule has 8 heteroatoms. The van der Waals surface area contributed by atoms with E-state index in [9.17, 15) is 20.2 Å². The Balaban J connectivity index is 3.57. The van der Waals surface area contributed by atoms with Crippen LogP contribution in [0.1, 0.15) is 66.5 Å². The topological polar surface area (TPSA) is 90.1 Å². The van der Waals surface area contributed by atoms with Gasteiger partial charge in [0.2, 0.25) is 0 Å². The highest BCUT2D eigenvalue weighted by Gasteiger charge is 2.28. The zero-order chi connectivity index (χ0) is 21.8. The summed E-state index contributed by atoms with van der Waals surface area (Å²) < 4.78 is 0. The van der Waals surface area contributed by atoms with E-state index < -0.39 is 12.0 Å². The molecule has 0 aromatic heterocycles. The van der Waals surface area contributed by atoms with Gasteiger partial charge in [-0.3, -0.25) is 19.9 Å². The highest BCUT2D eigenvalue weighted by atomic mass is 16.6. The normalized spacial score (nSPS) is 12.3. The fourth-order valence-electron chi connectivity index (χ4n) is 3.78. The highest BCUT2D eigenvalue weighted by molar-refractivity contribution is 6.59. The van der Waals surface area contributed by atoms with E-state index >= 15 is 0 Å². The molecular formula is C20H36BN3O4.